The standard InChI is InChI=1S/C22H25F3N4O2/c1-14-17-4-3-9-26-20(17)27-18-6-5-16(31-2)12-19(18)29(14)21(30)15-7-10-28(11-8-15)13-22(23,24)25/h3-6,9,12,14-15H,7-8,10-11,13H2,1-2H3,(H,26,27). The molecule has 1 aromatic heterocycles. The Labute approximate surface area is 179 Å². The number of rotatable bonds is 3. The van der Waals surface area contributed by atoms with Crippen LogP contribution in [0.15, 0.2) is 36.5 Å². The highest BCUT2D eigenvalue weighted by atomic mass is 19.4. The summed E-state index contributed by atoms with van der Waals surface area (Å²) in [5.41, 5.74) is 2.28. The Morgan fingerprint density at radius 3 is 2.68 bits per heavy atom. The highest BCUT2D eigenvalue weighted by Gasteiger charge is 2.38. The average Bonchev–Trinajstić information content (AvgIpc) is 2.86. The number of nitrogens with one attached hydrogen (secondary N) is 1. The summed E-state index contributed by atoms with van der Waals surface area (Å²) in [4.78, 5) is 21.2. The van der Waals surface area contributed by atoms with Gasteiger partial charge in [-0.3, -0.25) is 9.69 Å². The van der Waals surface area contributed by atoms with E-state index < -0.39 is 12.7 Å². The van der Waals surface area contributed by atoms with E-state index in [9.17, 15) is 18.0 Å². The van der Waals surface area contributed by atoms with Crippen molar-refractivity contribution in [1.29, 1.82) is 0 Å². The van der Waals surface area contributed by atoms with Gasteiger partial charge in [0, 0.05) is 23.7 Å². The Bertz CT molecular complexity index is 958. The summed E-state index contributed by atoms with van der Waals surface area (Å²) in [7, 11) is 1.56. The van der Waals surface area contributed by atoms with E-state index in [1.165, 1.54) is 4.90 Å². The number of carbonyl (C=O) groups is 1. The van der Waals surface area contributed by atoms with Crippen molar-refractivity contribution < 1.29 is 22.7 Å². The van der Waals surface area contributed by atoms with E-state index in [0.717, 1.165) is 11.3 Å². The molecule has 1 unspecified atom stereocenters. The molecule has 0 saturated carbocycles. The number of benzene rings is 1. The maximum atomic E-state index is 13.7. The second kappa shape index (κ2) is 8.37. The lowest BCUT2D eigenvalue weighted by Gasteiger charge is -2.36. The molecule has 2 aliphatic rings. The number of aromatic nitrogens is 1. The molecular formula is C22H25F3N4O2. The fourth-order valence-corrected chi connectivity index (χ4v) is 4.38. The van der Waals surface area contributed by atoms with Gasteiger partial charge in [0.2, 0.25) is 5.91 Å². The van der Waals surface area contributed by atoms with Crippen molar-refractivity contribution in [2.45, 2.75) is 32.0 Å². The smallest absolute Gasteiger partial charge is 0.401 e. The number of ether oxygens (including phenoxy) is 1. The van der Waals surface area contributed by atoms with Gasteiger partial charge in [-0.05, 0) is 51.1 Å². The number of anilines is 3. The molecule has 6 nitrogen and oxygen atoms in total. The minimum absolute atomic E-state index is 0.0906. The zero-order valence-electron chi connectivity index (χ0n) is 17.4. The maximum absolute atomic E-state index is 13.7. The lowest BCUT2D eigenvalue weighted by atomic mass is 9.93. The van der Waals surface area contributed by atoms with Crippen LogP contribution in [-0.2, 0) is 4.79 Å². The number of fused-ring (bicyclic) bond motifs is 2. The molecule has 1 fully saturated rings. The molecule has 1 N–H and O–H groups in total. The number of alkyl halides is 3. The van der Waals surface area contributed by atoms with Gasteiger partial charge in [-0.15, -0.1) is 0 Å². The maximum Gasteiger partial charge on any atom is 0.401 e. The van der Waals surface area contributed by atoms with Crippen molar-refractivity contribution in [3.8, 4) is 5.75 Å². The number of methoxy groups -OCH3 is 1. The molecule has 3 heterocycles. The molecule has 0 aliphatic carbocycles. The van der Waals surface area contributed by atoms with E-state index in [-0.39, 0.29) is 31.0 Å². The van der Waals surface area contributed by atoms with Crippen molar-refractivity contribution in [3.05, 3.63) is 42.1 Å². The Hall–Kier alpha value is -2.81. The molecule has 0 bridgehead atoms. The van der Waals surface area contributed by atoms with Gasteiger partial charge in [-0.1, -0.05) is 6.07 Å². The fourth-order valence-electron chi connectivity index (χ4n) is 4.38. The topological polar surface area (TPSA) is 57.7 Å². The van der Waals surface area contributed by atoms with Crippen molar-refractivity contribution in [1.82, 2.24) is 9.88 Å². The molecular weight excluding hydrogens is 409 g/mol. The number of hydrogen-bond donors (Lipinski definition) is 1. The molecule has 0 radical (unpaired) electrons. The van der Waals surface area contributed by atoms with Crippen LogP contribution in [0.25, 0.3) is 0 Å². The molecule has 1 aromatic carbocycles. The number of likely N-dealkylation sites (tertiary alicyclic amines) is 1. The van der Waals surface area contributed by atoms with E-state index in [1.807, 2.05) is 31.2 Å². The van der Waals surface area contributed by atoms with E-state index in [4.69, 9.17) is 4.74 Å². The van der Waals surface area contributed by atoms with Crippen LogP contribution in [0.5, 0.6) is 5.75 Å². The van der Waals surface area contributed by atoms with Gasteiger partial charge >= 0.3 is 6.18 Å². The Balaban J connectivity index is 1.64. The molecule has 31 heavy (non-hydrogen) atoms. The van der Waals surface area contributed by atoms with Crippen LogP contribution in [0.2, 0.25) is 0 Å². The van der Waals surface area contributed by atoms with Crippen molar-refractivity contribution >= 4 is 23.1 Å². The number of pyridine rings is 1. The average molecular weight is 434 g/mol. The molecule has 4 rings (SSSR count). The Morgan fingerprint density at radius 2 is 2.00 bits per heavy atom. The van der Waals surface area contributed by atoms with Crippen LogP contribution < -0.4 is 15.0 Å². The zero-order valence-corrected chi connectivity index (χ0v) is 17.4. The molecule has 1 amide bonds. The summed E-state index contributed by atoms with van der Waals surface area (Å²) in [5.74, 6) is 0.859. The minimum Gasteiger partial charge on any atom is -0.497 e. The van der Waals surface area contributed by atoms with Crippen LogP contribution in [0.1, 0.15) is 31.4 Å². The van der Waals surface area contributed by atoms with Crippen LogP contribution >= 0.6 is 0 Å². The number of amides is 1. The summed E-state index contributed by atoms with van der Waals surface area (Å²) in [6.45, 7) is 1.50. The quantitative estimate of drug-likeness (QED) is 0.770. The largest absolute Gasteiger partial charge is 0.497 e. The predicted molar refractivity (Wildman–Crippen MR) is 112 cm³/mol. The van der Waals surface area contributed by atoms with E-state index in [2.05, 4.69) is 10.3 Å². The van der Waals surface area contributed by atoms with Crippen LogP contribution in [0.4, 0.5) is 30.4 Å². The molecule has 1 atom stereocenters. The molecule has 9 heteroatoms. The Kier molecular flexibility index (Phi) is 5.79. The molecule has 166 valence electrons. The van der Waals surface area contributed by atoms with Gasteiger partial charge in [-0.25, -0.2) is 4.98 Å². The first-order valence-electron chi connectivity index (χ1n) is 10.3. The van der Waals surface area contributed by atoms with E-state index in [0.29, 0.717) is 30.1 Å². The van der Waals surface area contributed by atoms with Gasteiger partial charge in [0.15, 0.2) is 0 Å². The van der Waals surface area contributed by atoms with Crippen molar-refractivity contribution in [2.24, 2.45) is 5.92 Å². The van der Waals surface area contributed by atoms with Crippen molar-refractivity contribution in [2.75, 3.05) is 37.0 Å². The summed E-state index contributed by atoms with van der Waals surface area (Å²) in [5, 5.41) is 3.31. The summed E-state index contributed by atoms with van der Waals surface area (Å²) >= 11 is 0. The first kappa shape index (κ1) is 21.4. The number of halogens is 3. The number of hydrogen-bond acceptors (Lipinski definition) is 5. The second-order valence-corrected chi connectivity index (χ2v) is 8.00. The first-order chi connectivity index (χ1) is 14.8. The third kappa shape index (κ3) is 4.46. The Morgan fingerprint density at radius 1 is 1.26 bits per heavy atom. The lowest BCUT2D eigenvalue weighted by Crippen LogP contribution is -2.45. The third-order valence-electron chi connectivity index (χ3n) is 5.97. The van der Waals surface area contributed by atoms with Crippen LogP contribution in [-0.4, -0.2) is 48.7 Å². The van der Waals surface area contributed by atoms with Gasteiger partial charge in [0.25, 0.3) is 0 Å². The summed E-state index contributed by atoms with van der Waals surface area (Å²) < 4.78 is 43.5. The predicted octanol–water partition coefficient (Wildman–Crippen LogP) is 4.52. The zero-order chi connectivity index (χ0) is 22.2. The molecule has 2 aliphatic heterocycles. The van der Waals surface area contributed by atoms with Gasteiger partial charge < -0.3 is 15.0 Å². The number of nitrogens with zero attached hydrogens (tertiary/aromatic N) is 3. The molecule has 1 saturated heterocycles. The normalized spacial score (nSPS) is 19.8. The van der Waals surface area contributed by atoms with Crippen LogP contribution in [0.3, 0.4) is 0 Å². The van der Waals surface area contributed by atoms with E-state index in [1.54, 1.807) is 24.3 Å². The highest BCUT2D eigenvalue weighted by Crippen LogP contribution is 2.43. The molecule has 2 aromatic rings. The lowest BCUT2D eigenvalue weighted by molar-refractivity contribution is -0.149. The first-order valence-corrected chi connectivity index (χ1v) is 10.3. The summed E-state index contributed by atoms with van der Waals surface area (Å²) in [6, 6.07) is 8.91. The SMILES string of the molecule is COc1ccc2c(c1)N(C(=O)C1CCN(CC(F)(F)F)CC1)C(C)c1cccnc1N2. The van der Waals surface area contributed by atoms with Gasteiger partial charge in [0.05, 0.1) is 31.1 Å². The van der Waals surface area contributed by atoms with Gasteiger partial charge in [-0.2, -0.15) is 13.2 Å². The minimum atomic E-state index is -4.23. The third-order valence-corrected chi connectivity index (χ3v) is 5.97. The second-order valence-electron chi connectivity index (χ2n) is 8.00. The summed E-state index contributed by atoms with van der Waals surface area (Å²) in [6.07, 6.45) is -1.75. The van der Waals surface area contributed by atoms with Crippen LogP contribution in [0, 0.1) is 5.92 Å². The monoisotopic (exact) mass is 434 g/mol. The van der Waals surface area contributed by atoms with E-state index >= 15 is 0 Å². The number of piperidine rings is 1. The van der Waals surface area contributed by atoms with Gasteiger partial charge in [0.1, 0.15) is 11.6 Å². The molecule has 0 spiro atoms. The highest BCUT2D eigenvalue weighted by molar-refractivity contribution is 6.00. The fraction of sp³-hybridized carbons (Fsp3) is 0.455. The van der Waals surface area contributed by atoms with Crippen molar-refractivity contribution in [3.63, 3.8) is 0 Å². The number of carbonyl (C=O) groups excluding carboxylic acids is 1.